The summed E-state index contributed by atoms with van der Waals surface area (Å²) in [6, 6.07) is 0. The molecule has 3 rings (SSSR count). The zero-order chi connectivity index (χ0) is 11.9. The summed E-state index contributed by atoms with van der Waals surface area (Å²) in [6.07, 6.45) is 7.48. The van der Waals surface area contributed by atoms with Gasteiger partial charge in [-0.15, -0.1) is 0 Å². The summed E-state index contributed by atoms with van der Waals surface area (Å²) >= 11 is 0. The first-order valence-corrected chi connectivity index (χ1v) is 6.62. The van der Waals surface area contributed by atoms with Gasteiger partial charge in [0.05, 0.1) is 37.4 Å². The maximum absolute atomic E-state index is 11.3. The third-order valence-corrected chi connectivity index (χ3v) is 4.42. The maximum Gasteiger partial charge on any atom is 0.308 e. The molecule has 4 nitrogen and oxygen atoms in total. The van der Waals surface area contributed by atoms with Crippen LogP contribution in [0.2, 0.25) is 0 Å². The van der Waals surface area contributed by atoms with E-state index in [1.807, 2.05) is 0 Å². The van der Waals surface area contributed by atoms with Crippen LogP contribution in [0.4, 0.5) is 0 Å². The van der Waals surface area contributed by atoms with E-state index >= 15 is 0 Å². The summed E-state index contributed by atoms with van der Waals surface area (Å²) in [5.74, 6) is -0.170. The smallest absolute Gasteiger partial charge is 0.308 e. The molecule has 0 aromatic carbocycles. The van der Waals surface area contributed by atoms with Gasteiger partial charge in [0.2, 0.25) is 0 Å². The number of hydrogen-bond donors (Lipinski definition) is 0. The van der Waals surface area contributed by atoms with Crippen molar-refractivity contribution in [2.45, 2.75) is 68.9 Å². The van der Waals surface area contributed by atoms with Crippen molar-refractivity contribution in [3.63, 3.8) is 0 Å². The summed E-state index contributed by atoms with van der Waals surface area (Å²) in [5, 5.41) is 0. The van der Waals surface area contributed by atoms with E-state index in [-0.39, 0.29) is 23.8 Å². The zero-order valence-corrected chi connectivity index (χ0v) is 10.3. The van der Waals surface area contributed by atoms with Gasteiger partial charge < -0.3 is 14.2 Å². The summed E-state index contributed by atoms with van der Waals surface area (Å²) in [7, 11) is 1.43. The zero-order valence-electron chi connectivity index (χ0n) is 10.3. The molecule has 1 saturated carbocycles. The van der Waals surface area contributed by atoms with Gasteiger partial charge in [0, 0.05) is 6.42 Å². The van der Waals surface area contributed by atoms with Crippen LogP contribution in [0.3, 0.4) is 0 Å². The lowest BCUT2D eigenvalue weighted by molar-refractivity contribution is -0.175. The molecule has 17 heavy (non-hydrogen) atoms. The van der Waals surface area contributed by atoms with E-state index in [1.54, 1.807) is 0 Å². The molecule has 3 aliphatic rings. The van der Waals surface area contributed by atoms with Gasteiger partial charge in [-0.25, -0.2) is 0 Å². The fraction of sp³-hybridized carbons (Fsp3) is 0.923. The Labute approximate surface area is 102 Å². The van der Waals surface area contributed by atoms with E-state index in [0.717, 1.165) is 25.7 Å². The van der Waals surface area contributed by atoms with Crippen molar-refractivity contribution in [3.05, 3.63) is 0 Å². The van der Waals surface area contributed by atoms with Crippen LogP contribution in [0.25, 0.3) is 0 Å². The average Bonchev–Trinajstić information content (AvgIpc) is 2.58. The van der Waals surface area contributed by atoms with Gasteiger partial charge in [-0.2, -0.15) is 0 Å². The number of esters is 1. The fourth-order valence-electron chi connectivity index (χ4n) is 3.64. The van der Waals surface area contributed by atoms with Gasteiger partial charge in [0.15, 0.2) is 0 Å². The van der Waals surface area contributed by atoms with Crippen LogP contribution < -0.4 is 0 Å². The summed E-state index contributed by atoms with van der Waals surface area (Å²) in [6.45, 7) is 0. The van der Waals surface area contributed by atoms with E-state index in [4.69, 9.17) is 14.2 Å². The van der Waals surface area contributed by atoms with Gasteiger partial charge >= 0.3 is 5.97 Å². The molecule has 0 aromatic heterocycles. The standard InChI is InChI=1S/C13H20O4/c1-15-12(14)7-9-4-5-11-13(17-9)6-2-3-10(8-13)16-11/h9-11H,2-8H2,1H3/t9-,10?,11+,13+/m1/s1. The molecule has 0 aromatic rings. The molecule has 1 aliphatic carbocycles. The maximum atomic E-state index is 11.3. The minimum absolute atomic E-state index is 0.0270. The quantitative estimate of drug-likeness (QED) is 0.690. The Morgan fingerprint density at radius 3 is 3.12 bits per heavy atom. The van der Waals surface area contributed by atoms with E-state index in [2.05, 4.69) is 0 Å². The Balaban J connectivity index is 1.68. The first-order valence-electron chi connectivity index (χ1n) is 6.62. The Kier molecular flexibility index (Phi) is 2.87. The molecule has 4 heteroatoms. The number of fused-ring (bicyclic) bond motifs is 1. The van der Waals surface area contributed by atoms with E-state index < -0.39 is 0 Å². The van der Waals surface area contributed by atoms with E-state index in [0.29, 0.717) is 12.5 Å². The SMILES string of the molecule is COC(=O)C[C@H]1CC[C@@H]2OC3CCC[C@@]2(C3)O1. The number of hydrogen-bond acceptors (Lipinski definition) is 4. The van der Waals surface area contributed by atoms with Crippen LogP contribution in [0.5, 0.6) is 0 Å². The van der Waals surface area contributed by atoms with Crippen molar-refractivity contribution in [1.29, 1.82) is 0 Å². The second-order valence-electron chi connectivity index (χ2n) is 5.51. The van der Waals surface area contributed by atoms with Gasteiger partial charge in [0.1, 0.15) is 0 Å². The van der Waals surface area contributed by atoms with Crippen molar-refractivity contribution < 1.29 is 19.0 Å². The Morgan fingerprint density at radius 2 is 2.29 bits per heavy atom. The average molecular weight is 240 g/mol. The Bertz CT molecular complexity index is 317. The normalized spacial score (nSPS) is 44.2. The predicted octanol–water partition coefficient (Wildman–Crippen LogP) is 1.81. The Hall–Kier alpha value is -0.610. The Morgan fingerprint density at radius 1 is 1.41 bits per heavy atom. The molecule has 96 valence electrons. The van der Waals surface area contributed by atoms with Crippen LogP contribution in [0.15, 0.2) is 0 Å². The molecule has 0 amide bonds. The van der Waals surface area contributed by atoms with Crippen molar-refractivity contribution in [3.8, 4) is 0 Å². The van der Waals surface area contributed by atoms with Crippen molar-refractivity contribution in [2.75, 3.05) is 7.11 Å². The molecule has 1 unspecified atom stereocenters. The molecular formula is C13H20O4. The minimum Gasteiger partial charge on any atom is -0.469 e. The summed E-state index contributed by atoms with van der Waals surface area (Å²) in [5.41, 5.74) is -0.0835. The van der Waals surface area contributed by atoms with Gasteiger partial charge in [-0.05, 0) is 32.1 Å². The molecule has 4 atom stereocenters. The van der Waals surface area contributed by atoms with Crippen molar-refractivity contribution >= 4 is 5.97 Å². The van der Waals surface area contributed by atoms with Crippen LogP contribution in [0, 0.1) is 0 Å². The largest absolute Gasteiger partial charge is 0.469 e. The molecule has 2 aliphatic heterocycles. The minimum atomic E-state index is -0.170. The van der Waals surface area contributed by atoms with Crippen molar-refractivity contribution in [2.24, 2.45) is 0 Å². The molecule has 3 fully saturated rings. The number of rotatable bonds is 2. The van der Waals surface area contributed by atoms with Gasteiger partial charge in [-0.3, -0.25) is 4.79 Å². The topological polar surface area (TPSA) is 44.8 Å². The van der Waals surface area contributed by atoms with Crippen LogP contribution in [-0.2, 0) is 19.0 Å². The summed E-state index contributed by atoms with van der Waals surface area (Å²) in [4.78, 5) is 11.3. The van der Waals surface area contributed by atoms with E-state index in [1.165, 1.54) is 20.0 Å². The molecule has 0 radical (unpaired) electrons. The first kappa shape index (κ1) is 11.5. The van der Waals surface area contributed by atoms with E-state index in [9.17, 15) is 4.79 Å². The number of ether oxygens (including phenoxy) is 3. The molecule has 0 N–H and O–H groups in total. The number of methoxy groups -OCH3 is 1. The highest BCUT2D eigenvalue weighted by molar-refractivity contribution is 5.69. The molecule has 2 saturated heterocycles. The highest BCUT2D eigenvalue weighted by Crippen LogP contribution is 2.49. The lowest BCUT2D eigenvalue weighted by atomic mass is 9.78. The number of carbonyl (C=O) groups is 1. The van der Waals surface area contributed by atoms with Crippen molar-refractivity contribution in [1.82, 2.24) is 0 Å². The van der Waals surface area contributed by atoms with Gasteiger partial charge in [0.25, 0.3) is 0 Å². The fourth-order valence-corrected chi connectivity index (χ4v) is 3.64. The number of carbonyl (C=O) groups excluding carboxylic acids is 1. The lowest BCUT2D eigenvalue weighted by Gasteiger charge is -2.42. The lowest BCUT2D eigenvalue weighted by Crippen LogP contribution is -2.49. The van der Waals surface area contributed by atoms with Crippen LogP contribution >= 0.6 is 0 Å². The highest BCUT2D eigenvalue weighted by Gasteiger charge is 2.54. The van der Waals surface area contributed by atoms with Gasteiger partial charge in [-0.1, -0.05) is 0 Å². The predicted molar refractivity (Wildman–Crippen MR) is 60.6 cm³/mol. The molecular weight excluding hydrogens is 220 g/mol. The molecule has 2 bridgehead atoms. The monoisotopic (exact) mass is 240 g/mol. The molecule has 1 spiro atoms. The molecule has 2 heterocycles. The third-order valence-electron chi connectivity index (χ3n) is 4.42. The second kappa shape index (κ2) is 4.25. The summed E-state index contributed by atoms with van der Waals surface area (Å²) < 4.78 is 16.9. The highest BCUT2D eigenvalue weighted by atomic mass is 16.6. The second-order valence-corrected chi connectivity index (χ2v) is 5.51. The van der Waals surface area contributed by atoms with Crippen LogP contribution in [0.1, 0.15) is 44.9 Å². The third kappa shape index (κ3) is 1.97. The van der Waals surface area contributed by atoms with Crippen LogP contribution in [-0.4, -0.2) is 37.0 Å². The first-order chi connectivity index (χ1) is 8.22.